The normalized spacial score (nSPS) is 10.2. The first-order valence-corrected chi connectivity index (χ1v) is 6.46. The second kappa shape index (κ2) is 6.34. The van der Waals surface area contributed by atoms with Gasteiger partial charge in [-0.1, -0.05) is 17.7 Å². The first kappa shape index (κ1) is 13.6. The monoisotopic (exact) mass is 277 g/mol. The van der Waals surface area contributed by atoms with Crippen molar-refractivity contribution in [3.8, 4) is 11.5 Å². The maximum Gasteiger partial charge on any atom is 0.123 e. The molecule has 0 fully saturated rings. The lowest BCUT2D eigenvalue weighted by molar-refractivity contribution is 0.299. The van der Waals surface area contributed by atoms with Crippen molar-refractivity contribution in [2.24, 2.45) is 0 Å². The number of rotatable bonds is 5. The average Bonchev–Trinajstić information content (AvgIpc) is 2.41. The molecule has 0 heterocycles. The first-order valence-electron chi connectivity index (χ1n) is 6.08. The maximum absolute atomic E-state index is 6.08. The number of nitrogens with two attached hydrogens (primary N) is 1. The van der Waals surface area contributed by atoms with Crippen molar-refractivity contribution in [2.75, 3.05) is 12.3 Å². The van der Waals surface area contributed by atoms with Gasteiger partial charge < -0.3 is 15.2 Å². The van der Waals surface area contributed by atoms with Gasteiger partial charge in [0.15, 0.2) is 0 Å². The highest BCUT2D eigenvalue weighted by atomic mass is 35.5. The number of nitrogen functional groups attached to an aromatic ring is 1. The quantitative estimate of drug-likeness (QED) is 0.843. The van der Waals surface area contributed by atoms with Crippen LogP contribution < -0.4 is 15.2 Å². The molecule has 0 spiro atoms. The molecule has 0 aliphatic carbocycles. The molecule has 0 unspecified atom stereocenters. The van der Waals surface area contributed by atoms with Crippen LogP contribution in [0.1, 0.15) is 12.5 Å². The molecule has 3 nitrogen and oxygen atoms in total. The fourth-order valence-corrected chi connectivity index (χ4v) is 1.86. The minimum atomic E-state index is 0.374. The third-order valence-electron chi connectivity index (χ3n) is 2.58. The predicted molar refractivity (Wildman–Crippen MR) is 77.8 cm³/mol. The Kier molecular flexibility index (Phi) is 4.53. The molecule has 0 amide bonds. The van der Waals surface area contributed by atoms with Gasteiger partial charge >= 0.3 is 0 Å². The molecule has 0 saturated carbocycles. The van der Waals surface area contributed by atoms with E-state index in [1.54, 1.807) is 12.1 Å². The molecule has 0 aliphatic heterocycles. The Balaban J connectivity index is 2.05. The summed E-state index contributed by atoms with van der Waals surface area (Å²) < 4.78 is 11.1. The van der Waals surface area contributed by atoms with Gasteiger partial charge in [0, 0.05) is 22.3 Å². The largest absolute Gasteiger partial charge is 0.494 e. The molecular formula is C15H16ClNO2. The van der Waals surface area contributed by atoms with Crippen molar-refractivity contribution >= 4 is 17.3 Å². The summed E-state index contributed by atoms with van der Waals surface area (Å²) in [4.78, 5) is 0. The van der Waals surface area contributed by atoms with Crippen molar-refractivity contribution in [2.45, 2.75) is 13.5 Å². The number of anilines is 1. The van der Waals surface area contributed by atoms with Crippen LogP contribution in [0.25, 0.3) is 0 Å². The zero-order chi connectivity index (χ0) is 13.7. The number of hydrogen-bond donors (Lipinski definition) is 1. The second-order valence-corrected chi connectivity index (χ2v) is 4.45. The van der Waals surface area contributed by atoms with Gasteiger partial charge in [0.1, 0.15) is 18.1 Å². The van der Waals surface area contributed by atoms with E-state index in [9.17, 15) is 0 Å². The van der Waals surface area contributed by atoms with Gasteiger partial charge in [0.25, 0.3) is 0 Å². The van der Waals surface area contributed by atoms with Crippen LogP contribution in [-0.2, 0) is 6.61 Å². The SMILES string of the molecule is CCOc1cccc(OCc2cc(N)ccc2Cl)c1. The summed E-state index contributed by atoms with van der Waals surface area (Å²) in [6.45, 7) is 2.95. The smallest absolute Gasteiger partial charge is 0.123 e. The van der Waals surface area contributed by atoms with Crippen LogP contribution in [0.2, 0.25) is 5.02 Å². The summed E-state index contributed by atoms with van der Waals surface area (Å²) in [6.07, 6.45) is 0. The number of ether oxygens (including phenoxy) is 2. The first-order chi connectivity index (χ1) is 9.19. The van der Waals surface area contributed by atoms with Gasteiger partial charge in [0.2, 0.25) is 0 Å². The van der Waals surface area contributed by atoms with Gasteiger partial charge in [0.05, 0.1) is 6.61 Å². The summed E-state index contributed by atoms with van der Waals surface area (Å²) >= 11 is 6.08. The van der Waals surface area contributed by atoms with Crippen molar-refractivity contribution in [3.05, 3.63) is 53.1 Å². The van der Waals surface area contributed by atoms with Crippen molar-refractivity contribution in [1.29, 1.82) is 0 Å². The van der Waals surface area contributed by atoms with E-state index < -0.39 is 0 Å². The van der Waals surface area contributed by atoms with E-state index in [0.29, 0.717) is 23.9 Å². The molecule has 4 heteroatoms. The zero-order valence-electron chi connectivity index (χ0n) is 10.7. The van der Waals surface area contributed by atoms with E-state index in [-0.39, 0.29) is 0 Å². The molecule has 0 atom stereocenters. The van der Waals surface area contributed by atoms with Crippen LogP contribution in [0.15, 0.2) is 42.5 Å². The molecule has 2 aromatic carbocycles. The minimum absolute atomic E-state index is 0.374. The Bertz CT molecular complexity index is 558. The van der Waals surface area contributed by atoms with E-state index in [2.05, 4.69) is 0 Å². The summed E-state index contributed by atoms with van der Waals surface area (Å²) in [5.74, 6) is 1.53. The molecule has 2 aromatic rings. The van der Waals surface area contributed by atoms with Crippen LogP contribution in [-0.4, -0.2) is 6.61 Å². The molecule has 0 saturated heterocycles. The second-order valence-electron chi connectivity index (χ2n) is 4.05. The van der Waals surface area contributed by atoms with Crippen LogP contribution in [0.5, 0.6) is 11.5 Å². The third-order valence-corrected chi connectivity index (χ3v) is 2.95. The van der Waals surface area contributed by atoms with E-state index in [1.807, 2.05) is 37.3 Å². The number of hydrogen-bond acceptors (Lipinski definition) is 3. The van der Waals surface area contributed by atoms with Gasteiger partial charge in [-0.25, -0.2) is 0 Å². The molecule has 0 aromatic heterocycles. The zero-order valence-corrected chi connectivity index (χ0v) is 11.5. The lowest BCUT2D eigenvalue weighted by Gasteiger charge is -2.10. The minimum Gasteiger partial charge on any atom is -0.494 e. The summed E-state index contributed by atoms with van der Waals surface area (Å²) in [5, 5.41) is 0.648. The molecule has 2 rings (SSSR count). The average molecular weight is 278 g/mol. The maximum atomic E-state index is 6.08. The topological polar surface area (TPSA) is 44.5 Å². The van der Waals surface area contributed by atoms with E-state index in [0.717, 1.165) is 17.1 Å². The molecule has 2 N–H and O–H groups in total. The molecule has 0 bridgehead atoms. The lowest BCUT2D eigenvalue weighted by Crippen LogP contribution is -1.98. The molecule has 0 aliphatic rings. The van der Waals surface area contributed by atoms with Gasteiger partial charge in [-0.05, 0) is 37.3 Å². The number of halogens is 1. The third kappa shape index (κ3) is 3.80. The standard InChI is InChI=1S/C15H16ClNO2/c1-2-18-13-4-3-5-14(9-13)19-10-11-8-12(17)6-7-15(11)16/h3-9H,2,10,17H2,1H3. The summed E-state index contributed by atoms with van der Waals surface area (Å²) in [7, 11) is 0. The Labute approximate surface area is 117 Å². The highest BCUT2D eigenvalue weighted by Crippen LogP contribution is 2.23. The van der Waals surface area contributed by atoms with Crippen molar-refractivity contribution in [1.82, 2.24) is 0 Å². The number of benzene rings is 2. The highest BCUT2D eigenvalue weighted by Gasteiger charge is 2.03. The molecular weight excluding hydrogens is 262 g/mol. The van der Waals surface area contributed by atoms with Crippen molar-refractivity contribution in [3.63, 3.8) is 0 Å². The Morgan fingerprint density at radius 1 is 1.05 bits per heavy atom. The Morgan fingerprint density at radius 2 is 1.79 bits per heavy atom. The van der Waals surface area contributed by atoms with Gasteiger partial charge in [-0.3, -0.25) is 0 Å². The Hall–Kier alpha value is -1.87. The van der Waals surface area contributed by atoms with E-state index >= 15 is 0 Å². The predicted octanol–water partition coefficient (Wildman–Crippen LogP) is 3.90. The highest BCUT2D eigenvalue weighted by molar-refractivity contribution is 6.31. The van der Waals surface area contributed by atoms with Crippen molar-refractivity contribution < 1.29 is 9.47 Å². The van der Waals surface area contributed by atoms with Crippen LogP contribution >= 0.6 is 11.6 Å². The van der Waals surface area contributed by atoms with Gasteiger partial charge in [-0.2, -0.15) is 0 Å². The Morgan fingerprint density at radius 3 is 2.53 bits per heavy atom. The molecule has 100 valence electrons. The summed E-state index contributed by atoms with van der Waals surface area (Å²) in [6, 6.07) is 12.9. The van der Waals surface area contributed by atoms with Gasteiger partial charge in [-0.15, -0.1) is 0 Å². The molecule has 19 heavy (non-hydrogen) atoms. The fourth-order valence-electron chi connectivity index (χ4n) is 1.69. The van der Waals surface area contributed by atoms with E-state index in [1.165, 1.54) is 0 Å². The van der Waals surface area contributed by atoms with Crippen LogP contribution in [0.4, 0.5) is 5.69 Å². The lowest BCUT2D eigenvalue weighted by atomic mass is 10.2. The van der Waals surface area contributed by atoms with E-state index in [4.69, 9.17) is 26.8 Å². The molecule has 0 radical (unpaired) electrons. The fraction of sp³-hybridized carbons (Fsp3) is 0.200. The summed E-state index contributed by atoms with van der Waals surface area (Å²) in [5.41, 5.74) is 7.26. The van der Waals surface area contributed by atoms with Crippen LogP contribution in [0.3, 0.4) is 0 Å². The van der Waals surface area contributed by atoms with Crippen LogP contribution in [0, 0.1) is 0 Å².